The highest BCUT2D eigenvalue weighted by atomic mass is 19.4. The lowest BCUT2D eigenvalue weighted by atomic mass is 9.96. The van der Waals surface area contributed by atoms with Crippen molar-refractivity contribution in [2.75, 3.05) is 13.1 Å². The Morgan fingerprint density at radius 3 is 2.48 bits per heavy atom. The first-order valence-electron chi connectivity index (χ1n) is 8.38. The molecule has 1 amide bonds. The molecule has 2 heterocycles. The first kappa shape index (κ1) is 17.8. The summed E-state index contributed by atoms with van der Waals surface area (Å²) in [7, 11) is 0. The molecule has 1 aliphatic carbocycles. The minimum absolute atomic E-state index is 0.212. The van der Waals surface area contributed by atoms with Crippen LogP contribution in [0.3, 0.4) is 0 Å². The molecule has 1 aromatic rings. The largest absolute Gasteiger partial charge is 0.481 e. The minimum Gasteiger partial charge on any atom is -0.481 e. The quantitative estimate of drug-likeness (QED) is 0.877. The highest BCUT2D eigenvalue weighted by Crippen LogP contribution is 2.43. The number of hydrogen-bond donors (Lipinski definition) is 1. The summed E-state index contributed by atoms with van der Waals surface area (Å²) >= 11 is 0. The number of aromatic nitrogens is 2. The first-order valence-corrected chi connectivity index (χ1v) is 8.38. The predicted octanol–water partition coefficient (Wildman–Crippen LogP) is 2.51. The van der Waals surface area contributed by atoms with Crippen molar-refractivity contribution in [3.63, 3.8) is 0 Å². The molecule has 2 atom stereocenters. The van der Waals surface area contributed by atoms with Crippen LogP contribution in [-0.2, 0) is 11.3 Å². The summed E-state index contributed by atoms with van der Waals surface area (Å²) < 4.78 is 41.1. The minimum atomic E-state index is -4.65. The standard InChI is InChI=1S/C16H20F3N3O3/c1-2-5-22-13(9-3-4-9)10(6-20-22)14(23)21-7-11(15(24)25)12(8-21)16(17,18)19/h6,9,11-12H,2-5,7-8H2,1H3,(H,24,25)/t11-,12-/m1/s1. The summed E-state index contributed by atoms with van der Waals surface area (Å²) in [5.41, 5.74) is 1.08. The molecule has 3 rings (SSSR count). The Morgan fingerprint density at radius 1 is 1.32 bits per heavy atom. The molecule has 6 nitrogen and oxygen atoms in total. The summed E-state index contributed by atoms with van der Waals surface area (Å²) in [5, 5.41) is 13.3. The smallest absolute Gasteiger partial charge is 0.394 e. The summed E-state index contributed by atoms with van der Waals surface area (Å²) in [6.07, 6.45) is -0.556. The zero-order valence-corrected chi connectivity index (χ0v) is 13.8. The van der Waals surface area contributed by atoms with E-state index in [9.17, 15) is 22.8 Å². The maximum Gasteiger partial charge on any atom is 0.394 e. The van der Waals surface area contributed by atoms with E-state index in [-0.39, 0.29) is 5.92 Å². The van der Waals surface area contributed by atoms with Gasteiger partial charge in [-0.1, -0.05) is 6.92 Å². The highest BCUT2D eigenvalue weighted by Gasteiger charge is 2.54. The second kappa shape index (κ2) is 6.34. The number of nitrogens with zero attached hydrogens (tertiary/aromatic N) is 3. The Kier molecular flexibility index (Phi) is 4.51. The van der Waals surface area contributed by atoms with E-state index in [0.717, 1.165) is 29.9 Å². The summed E-state index contributed by atoms with van der Waals surface area (Å²) in [6.45, 7) is 1.57. The van der Waals surface area contributed by atoms with Crippen molar-refractivity contribution >= 4 is 11.9 Å². The lowest BCUT2D eigenvalue weighted by molar-refractivity contribution is -0.187. The third-order valence-electron chi connectivity index (χ3n) is 4.85. The molecule has 0 radical (unpaired) electrons. The monoisotopic (exact) mass is 359 g/mol. The average Bonchev–Trinajstić information content (AvgIpc) is 3.10. The maximum absolute atomic E-state index is 13.1. The van der Waals surface area contributed by atoms with Crippen molar-refractivity contribution in [3.8, 4) is 0 Å². The summed E-state index contributed by atoms with van der Waals surface area (Å²) in [5.74, 6) is -5.53. The SMILES string of the molecule is CCCn1ncc(C(=O)N2C[C@@H](C(F)(F)F)[C@H](C(=O)O)C2)c1C1CC1. The van der Waals surface area contributed by atoms with E-state index in [1.54, 1.807) is 4.68 Å². The Hall–Kier alpha value is -2.06. The van der Waals surface area contributed by atoms with Crippen LogP contribution in [0.4, 0.5) is 13.2 Å². The number of rotatable bonds is 5. The van der Waals surface area contributed by atoms with E-state index in [1.165, 1.54) is 6.20 Å². The lowest BCUT2D eigenvalue weighted by Crippen LogP contribution is -2.34. The molecular weight excluding hydrogens is 339 g/mol. The number of aliphatic carboxylic acids is 1. The van der Waals surface area contributed by atoms with Gasteiger partial charge in [0.05, 0.1) is 29.3 Å². The zero-order valence-electron chi connectivity index (χ0n) is 13.8. The molecule has 1 aromatic heterocycles. The number of alkyl halides is 3. The van der Waals surface area contributed by atoms with E-state index < -0.39 is 43.0 Å². The van der Waals surface area contributed by atoms with Gasteiger partial charge in [-0.15, -0.1) is 0 Å². The molecule has 25 heavy (non-hydrogen) atoms. The van der Waals surface area contributed by atoms with Gasteiger partial charge in [0.1, 0.15) is 0 Å². The topological polar surface area (TPSA) is 75.4 Å². The van der Waals surface area contributed by atoms with E-state index in [1.807, 2.05) is 6.92 Å². The second-order valence-electron chi connectivity index (χ2n) is 6.74. The first-order chi connectivity index (χ1) is 11.7. The summed E-state index contributed by atoms with van der Waals surface area (Å²) in [4.78, 5) is 25.0. The van der Waals surface area contributed by atoms with E-state index in [2.05, 4.69) is 5.10 Å². The molecule has 1 saturated heterocycles. The number of hydrogen-bond acceptors (Lipinski definition) is 3. The fourth-order valence-corrected chi connectivity index (χ4v) is 3.46. The van der Waals surface area contributed by atoms with Crippen LogP contribution >= 0.6 is 0 Å². The number of amides is 1. The third kappa shape index (κ3) is 3.36. The van der Waals surface area contributed by atoms with Crippen molar-refractivity contribution in [2.24, 2.45) is 11.8 Å². The molecule has 1 aliphatic heterocycles. The van der Waals surface area contributed by atoms with Gasteiger partial charge in [0, 0.05) is 25.6 Å². The van der Waals surface area contributed by atoms with Crippen molar-refractivity contribution in [1.29, 1.82) is 0 Å². The number of carboxylic acid groups (broad SMARTS) is 1. The van der Waals surface area contributed by atoms with Crippen LogP contribution in [0.2, 0.25) is 0 Å². The van der Waals surface area contributed by atoms with Crippen molar-refractivity contribution in [3.05, 3.63) is 17.5 Å². The molecule has 138 valence electrons. The van der Waals surface area contributed by atoms with Crippen LogP contribution in [0.1, 0.15) is 48.2 Å². The number of halogens is 3. The van der Waals surface area contributed by atoms with Crippen molar-refractivity contribution in [1.82, 2.24) is 14.7 Å². The number of aryl methyl sites for hydroxylation is 1. The summed E-state index contributed by atoms with van der Waals surface area (Å²) in [6, 6.07) is 0. The molecule has 0 bridgehead atoms. The molecule has 1 saturated carbocycles. The van der Waals surface area contributed by atoms with Gasteiger partial charge >= 0.3 is 12.1 Å². The third-order valence-corrected chi connectivity index (χ3v) is 4.85. The Morgan fingerprint density at radius 2 is 2.00 bits per heavy atom. The van der Waals surface area contributed by atoms with Crippen LogP contribution < -0.4 is 0 Å². The van der Waals surface area contributed by atoms with Gasteiger partial charge in [-0.05, 0) is 19.3 Å². The van der Waals surface area contributed by atoms with E-state index in [0.29, 0.717) is 12.1 Å². The second-order valence-corrected chi connectivity index (χ2v) is 6.74. The van der Waals surface area contributed by atoms with Crippen LogP contribution in [-0.4, -0.2) is 50.9 Å². The van der Waals surface area contributed by atoms with Gasteiger partial charge in [0.15, 0.2) is 0 Å². The molecule has 2 fully saturated rings. The van der Waals surface area contributed by atoms with Crippen LogP contribution in [0, 0.1) is 11.8 Å². The van der Waals surface area contributed by atoms with Gasteiger partial charge in [-0.3, -0.25) is 14.3 Å². The fraction of sp³-hybridized carbons (Fsp3) is 0.688. The van der Waals surface area contributed by atoms with Gasteiger partial charge in [0.25, 0.3) is 5.91 Å². The molecular formula is C16H20F3N3O3. The Labute approximate surface area is 142 Å². The lowest BCUT2D eigenvalue weighted by Gasteiger charge is -2.18. The number of carbonyl (C=O) groups excluding carboxylic acids is 1. The zero-order chi connectivity index (χ0) is 18.4. The van der Waals surface area contributed by atoms with Gasteiger partial charge in [-0.25, -0.2) is 0 Å². The number of carboxylic acids is 1. The molecule has 1 N–H and O–H groups in total. The number of likely N-dealkylation sites (tertiary alicyclic amines) is 1. The van der Waals surface area contributed by atoms with Crippen molar-refractivity contribution in [2.45, 2.75) is 44.8 Å². The average molecular weight is 359 g/mol. The van der Waals surface area contributed by atoms with Crippen LogP contribution in [0.25, 0.3) is 0 Å². The predicted molar refractivity (Wildman–Crippen MR) is 81.1 cm³/mol. The van der Waals surface area contributed by atoms with E-state index >= 15 is 0 Å². The Balaban J connectivity index is 1.86. The Bertz CT molecular complexity index is 682. The van der Waals surface area contributed by atoms with Gasteiger partial charge in [0.2, 0.25) is 0 Å². The highest BCUT2D eigenvalue weighted by molar-refractivity contribution is 5.96. The van der Waals surface area contributed by atoms with Crippen molar-refractivity contribution < 1.29 is 27.9 Å². The fourth-order valence-electron chi connectivity index (χ4n) is 3.46. The number of carbonyl (C=O) groups is 2. The molecule has 0 spiro atoms. The van der Waals surface area contributed by atoms with E-state index in [4.69, 9.17) is 5.11 Å². The normalized spacial score (nSPS) is 23.9. The van der Waals surface area contributed by atoms with Crippen LogP contribution in [0.5, 0.6) is 0 Å². The molecule has 0 unspecified atom stereocenters. The molecule has 9 heteroatoms. The van der Waals surface area contributed by atoms with Crippen LogP contribution in [0.15, 0.2) is 6.20 Å². The molecule has 2 aliphatic rings. The van der Waals surface area contributed by atoms with Gasteiger partial charge in [-0.2, -0.15) is 18.3 Å². The van der Waals surface area contributed by atoms with Gasteiger partial charge < -0.3 is 10.0 Å². The molecule has 0 aromatic carbocycles. The maximum atomic E-state index is 13.1.